The quantitative estimate of drug-likeness (QED) is 0.794. The van der Waals surface area contributed by atoms with E-state index < -0.39 is 0 Å². The zero-order valence-electron chi connectivity index (χ0n) is 17.8. The van der Waals surface area contributed by atoms with Crippen molar-refractivity contribution in [2.45, 2.75) is 25.9 Å². The molecule has 0 amide bonds. The number of nitrogens with one attached hydrogen (secondary N) is 1. The maximum atomic E-state index is 13.2. The summed E-state index contributed by atoms with van der Waals surface area (Å²) in [5.41, 5.74) is 1.79. The summed E-state index contributed by atoms with van der Waals surface area (Å²) in [6.45, 7) is 3.91. The lowest BCUT2D eigenvalue weighted by atomic mass is 9.76. The summed E-state index contributed by atoms with van der Waals surface area (Å²) in [6.07, 6.45) is 0. The van der Waals surface area contributed by atoms with Gasteiger partial charge in [0.15, 0.2) is 0 Å². The van der Waals surface area contributed by atoms with E-state index in [1.165, 1.54) is 0 Å². The molecule has 1 saturated heterocycles. The van der Waals surface area contributed by atoms with Gasteiger partial charge in [-0.3, -0.25) is 4.79 Å². The molecule has 156 valence electrons. The predicted octanol–water partition coefficient (Wildman–Crippen LogP) is 3.95. The van der Waals surface area contributed by atoms with E-state index in [0.717, 1.165) is 22.6 Å². The lowest BCUT2D eigenvalue weighted by molar-refractivity contribution is -0.130. The molecule has 0 radical (unpaired) electrons. The Balaban J connectivity index is 2.08. The molecule has 0 aliphatic carbocycles. The van der Waals surface area contributed by atoms with Gasteiger partial charge in [-0.2, -0.15) is 0 Å². The zero-order chi connectivity index (χ0) is 21.1. The molecule has 6 heteroatoms. The monoisotopic (exact) mass is 399 g/mol. The van der Waals surface area contributed by atoms with Gasteiger partial charge < -0.3 is 24.3 Å². The number of carbonyl (C=O) groups excluding carboxylic acids is 1. The Labute approximate surface area is 172 Å². The van der Waals surface area contributed by atoms with Gasteiger partial charge in [0, 0.05) is 35.0 Å². The van der Waals surface area contributed by atoms with Gasteiger partial charge in [-0.15, -0.1) is 0 Å². The summed E-state index contributed by atoms with van der Waals surface area (Å²) in [5.74, 6) is 2.61. The Morgan fingerprint density at radius 1 is 0.690 bits per heavy atom. The lowest BCUT2D eigenvalue weighted by Crippen LogP contribution is -2.46. The minimum atomic E-state index is -0.232. The summed E-state index contributed by atoms with van der Waals surface area (Å²) in [5, 5.41) is 3.68. The molecule has 4 atom stereocenters. The zero-order valence-corrected chi connectivity index (χ0v) is 17.8. The molecule has 2 aromatic rings. The molecule has 0 aromatic heterocycles. The average molecular weight is 399 g/mol. The van der Waals surface area contributed by atoms with Gasteiger partial charge in [0.25, 0.3) is 0 Å². The number of piperidine rings is 1. The minimum Gasteiger partial charge on any atom is -0.497 e. The fourth-order valence-electron chi connectivity index (χ4n) is 4.11. The highest BCUT2D eigenvalue weighted by molar-refractivity contribution is 5.86. The van der Waals surface area contributed by atoms with Gasteiger partial charge in [-0.25, -0.2) is 0 Å². The Kier molecular flexibility index (Phi) is 6.33. The van der Waals surface area contributed by atoms with E-state index in [2.05, 4.69) is 5.32 Å². The molecule has 1 fully saturated rings. The number of benzene rings is 2. The van der Waals surface area contributed by atoms with Crippen molar-refractivity contribution in [2.24, 2.45) is 11.8 Å². The number of ketones is 1. The Morgan fingerprint density at radius 3 is 1.45 bits per heavy atom. The minimum absolute atomic E-state index is 0.188. The van der Waals surface area contributed by atoms with Gasteiger partial charge in [0.2, 0.25) is 0 Å². The molecule has 1 aliphatic heterocycles. The van der Waals surface area contributed by atoms with E-state index in [9.17, 15) is 4.79 Å². The number of ether oxygens (including phenoxy) is 4. The number of carbonyl (C=O) groups is 1. The molecule has 1 heterocycles. The molecule has 1 N–H and O–H groups in total. The first-order valence-corrected chi connectivity index (χ1v) is 9.68. The molecule has 0 spiro atoms. The Bertz CT molecular complexity index is 812. The van der Waals surface area contributed by atoms with E-state index >= 15 is 0 Å². The lowest BCUT2D eigenvalue weighted by Gasteiger charge is -2.40. The van der Waals surface area contributed by atoms with Crippen LogP contribution in [0.3, 0.4) is 0 Å². The van der Waals surface area contributed by atoms with Gasteiger partial charge >= 0.3 is 0 Å². The Morgan fingerprint density at radius 2 is 1.10 bits per heavy atom. The van der Waals surface area contributed by atoms with Crippen LogP contribution >= 0.6 is 0 Å². The third-order valence-electron chi connectivity index (χ3n) is 5.80. The number of hydrogen-bond acceptors (Lipinski definition) is 6. The predicted molar refractivity (Wildman–Crippen MR) is 111 cm³/mol. The maximum absolute atomic E-state index is 13.2. The molecule has 1 aliphatic rings. The number of methoxy groups -OCH3 is 4. The van der Waals surface area contributed by atoms with Gasteiger partial charge in [-0.1, -0.05) is 13.8 Å². The van der Waals surface area contributed by atoms with Crippen molar-refractivity contribution in [3.05, 3.63) is 47.5 Å². The van der Waals surface area contributed by atoms with Crippen LogP contribution in [0.5, 0.6) is 23.0 Å². The SMILES string of the molecule is COc1ccc(OC)c([C@H]2N[C@@H](c3cc(OC)ccc3OC)[C@H](C)C(=O)[C@@H]2C)c1. The number of Topliss-reactive ketones (excluding diaryl/α,β-unsaturated/α-hetero) is 1. The average Bonchev–Trinajstić information content (AvgIpc) is 2.76. The van der Waals surface area contributed by atoms with E-state index in [0.29, 0.717) is 11.5 Å². The van der Waals surface area contributed by atoms with Crippen molar-refractivity contribution in [3.8, 4) is 23.0 Å². The van der Waals surface area contributed by atoms with Crippen LogP contribution in [0.2, 0.25) is 0 Å². The molecule has 0 saturated carbocycles. The maximum Gasteiger partial charge on any atom is 0.142 e. The largest absolute Gasteiger partial charge is 0.497 e. The van der Waals surface area contributed by atoms with Gasteiger partial charge in [0.1, 0.15) is 28.8 Å². The van der Waals surface area contributed by atoms with Crippen molar-refractivity contribution in [3.63, 3.8) is 0 Å². The number of rotatable bonds is 6. The second-order valence-corrected chi connectivity index (χ2v) is 7.32. The summed E-state index contributed by atoms with van der Waals surface area (Å²) in [4.78, 5) is 13.2. The second kappa shape index (κ2) is 8.74. The highest BCUT2D eigenvalue weighted by Crippen LogP contribution is 2.44. The van der Waals surface area contributed by atoms with Crippen molar-refractivity contribution < 1.29 is 23.7 Å². The van der Waals surface area contributed by atoms with Gasteiger partial charge in [0.05, 0.1) is 28.4 Å². The first kappa shape index (κ1) is 21.0. The summed E-state index contributed by atoms with van der Waals surface area (Å²) < 4.78 is 22.0. The molecule has 0 bridgehead atoms. The molecular weight excluding hydrogens is 370 g/mol. The Hall–Kier alpha value is -2.73. The van der Waals surface area contributed by atoms with Crippen LogP contribution in [-0.4, -0.2) is 34.2 Å². The molecular formula is C23H29NO5. The smallest absolute Gasteiger partial charge is 0.142 e. The fourth-order valence-corrected chi connectivity index (χ4v) is 4.11. The van der Waals surface area contributed by atoms with E-state index in [-0.39, 0.29) is 29.7 Å². The van der Waals surface area contributed by atoms with Crippen LogP contribution in [0.1, 0.15) is 37.1 Å². The van der Waals surface area contributed by atoms with Crippen molar-refractivity contribution in [1.29, 1.82) is 0 Å². The van der Waals surface area contributed by atoms with Crippen LogP contribution < -0.4 is 24.3 Å². The van der Waals surface area contributed by atoms with E-state index in [1.807, 2.05) is 50.2 Å². The summed E-state index contributed by atoms with van der Waals surface area (Å²) in [7, 11) is 6.51. The third kappa shape index (κ3) is 3.90. The highest BCUT2D eigenvalue weighted by atomic mass is 16.5. The third-order valence-corrected chi connectivity index (χ3v) is 5.80. The molecule has 29 heavy (non-hydrogen) atoms. The summed E-state index contributed by atoms with van der Waals surface area (Å²) in [6, 6.07) is 10.8. The van der Waals surface area contributed by atoms with Gasteiger partial charge in [-0.05, 0) is 36.4 Å². The molecule has 6 nitrogen and oxygen atoms in total. The van der Waals surface area contributed by atoms with Crippen molar-refractivity contribution in [1.82, 2.24) is 5.32 Å². The first-order chi connectivity index (χ1) is 13.9. The second-order valence-electron chi connectivity index (χ2n) is 7.32. The van der Waals surface area contributed by atoms with Crippen molar-refractivity contribution in [2.75, 3.05) is 28.4 Å². The van der Waals surface area contributed by atoms with E-state index in [1.54, 1.807) is 28.4 Å². The van der Waals surface area contributed by atoms with Crippen LogP contribution in [-0.2, 0) is 4.79 Å². The van der Waals surface area contributed by atoms with Crippen LogP contribution in [0.25, 0.3) is 0 Å². The first-order valence-electron chi connectivity index (χ1n) is 9.68. The molecule has 3 rings (SSSR count). The molecule has 2 aromatic carbocycles. The van der Waals surface area contributed by atoms with E-state index in [4.69, 9.17) is 18.9 Å². The van der Waals surface area contributed by atoms with Crippen LogP contribution in [0.15, 0.2) is 36.4 Å². The summed E-state index contributed by atoms with van der Waals surface area (Å²) >= 11 is 0. The topological polar surface area (TPSA) is 66.0 Å². The van der Waals surface area contributed by atoms with Crippen molar-refractivity contribution >= 4 is 5.78 Å². The van der Waals surface area contributed by atoms with Crippen LogP contribution in [0, 0.1) is 11.8 Å². The van der Waals surface area contributed by atoms with Crippen LogP contribution in [0.4, 0.5) is 0 Å². The fraction of sp³-hybridized carbons (Fsp3) is 0.435. The normalized spacial score (nSPS) is 24.1. The molecule has 0 unspecified atom stereocenters. The number of hydrogen-bond donors (Lipinski definition) is 1. The standard InChI is InChI=1S/C23H29NO5/c1-13-21(17-11-15(26-3)7-9-19(17)28-5)24-22(14(2)23(13)25)18-12-16(27-4)8-10-20(18)29-6/h7-14,21-22,24H,1-6H3/t13-,14+,21+,22-. The highest BCUT2D eigenvalue weighted by Gasteiger charge is 2.42.